The summed E-state index contributed by atoms with van der Waals surface area (Å²) in [4.78, 5) is 13.2. The van der Waals surface area contributed by atoms with Crippen molar-refractivity contribution in [2.45, 2.75) is 6.92 Å². The van der Waals surface area contributed by atoms with Crippen molar-refractivity contribution in [3.8, 4) is 0 Å². The van der Waals surface area contributed by atoms with Crippen LogP contribution in [0.15, 0.2) is 5.11 Å². The molecule has 68 valence electrons. The topological polar surface area (TPSA) is 87.1 Å². The molecule has 0 rings (SSSR count). The molecule has 0 amide bonds. The Balaban J connectivity index is 3.19. The van der Waals surface area contributed by atoms with E-state index in [-0.39, 0.29) is 12.5 Å². The second-order valence-corrected chi connectivity index (χ2v) is 1.94. The fourth-order valence-electron chi connectivity index (χ4n) is 0.576. The quantitative estimate of drug-likeness (QED) is 0.207. The maximum Gasteiger partial charge on any atom is 0.319 e. The lowest BCUT2D eigenvalue weighted by atomic mass is 10.6. The van der Waals surface area contributed by atoms with Crippen molar-refractivity contribution in [2.75, 3.05) is 26.2 Å². The molecule has 0 heterocycles. The maximum absolute atomic E-state index is 10.7. The summed E-state index contributed by atoms with van der Waals surface area (Å²) < 4.78 is 4.64. The largest absolute Gasteiger partial charge is 0.465 e. The number of rotatable bonds is 6. The molecule has 0 radical (unpaired) electrons. The molecule has 0 aromatic heterocycles. The summed E-state index contributed by atoms with van der Waals surface area (Å²) in [5.74, 6) is -0.293. The molecule has 0 fully saturated rings. The molecule has 0 aliphatic rings. The minimum absolute atomic E-state index is 0.161. The van der Waals surface area contributed by atoms with E-state index in [1.807, 2.05) is 0 Å². The van der Waals surface area contributed by atoms with Gasteiger partial charge in [0.25, 0.3) is 0 Å². The Morgan fingerprint density at radius 3 is 3.08 bits per heavy atom. The molecular formula is C6H12N4O2. The molecule has 0 saturated heterocycles. The van der Waals surface area contributed by atoms with Crippen LogP contribution in [-0.2, 0) is 9.53 Å². The van der Waals surface area contributed by atoms with Crippen molar-refractivity contribution in [3.05, 3.63) is 10.4 Å². The van der Waals surface area contributed by atoms with Crippen LogP contribution in [0.4, 0.5) is 0 Å². The molecule has 0 spiro atoms. The molecule has 12 heavy (non-hydrogen) atoms. The minimum atomic E-state index is -0.293. The monoisotopic (exact) mass is 172 g/mol. The van der Waals surface area contributed by atoms with Gasteiger partial charge in [-0.25, -0.2) is 0 Å². The number of nitrogens with zero attached hydrogens (tertiary/aromatic N) is 3. The van der Waals surface area contributed by atoms with E-state index in [0.29, 0.717) is 19.7 Å². The van der Waals surface area contributed by atoms with E-state index in [0.717, 1.165) is 0 Å². The first-order valence-electron chi connectivity index (χ1n) is 3.68. The van der Waals surface area contributed by atoms with Crippen LogP contribution in [0, 0.1) is 0 Å². The lowest BCUT2D eigenvalue weighted by Crippen LogP contribution is -2.26. The standard InChI is InChI=1S/C6H12N4O2/c1-2-12-6(11)5-8-3-4-9-10-7/h8H,2-5H2,1H3. The summed E-state index contributed by atoms with van der Waals surface area (Å²) in [6.45, 7) is 3.13. The summed E-state index contributed by atoms with van der Waals surface area (Å²) >= 11 is 0. The SMILES string of the molecule is CCOC(=O)CNCCN=[N+]=[N-]. The molecule has 0 aromatic carbocycles. The van der Waals surface area contributed by atoms with Crippen LogP contribution in [0.25, 0.3) is 10.4 Å². The van der Waals surface area contributed by atoms with Gasteiger partial charge in [0.15, 0.2) is 0 Å². The predicted molar refractivity (Wildman–Crippen MR) is 43.5 cm³/mol. The molecule has 0 aliphatic carbocycles. The zero-order chi connectivity index (χ0) is 9.23. The van der Waals surface area contributed by atoms with Crippen LogP contribution in [0.3, 0.4) is 0 Å². The summed E-state index contributed by atoms with van der Waals surface area (Å²) in [6.07, 6.45) is 0. The lowest BCUT2D eigenvalue weighted by molar-refractivity contribution is -0.141. The van der Waals surface area contributed by atoms with E-state index in [1.165, 1.54) is 0 Å². The lowest BCUT2D eigenvalue weighted by Gasteiger charge is -2.01. The molecule has 0 bridgehead atoms. The second kappa shape index (κ2) is 7.84. The smallest absolute Gasteiger partial charge is 0.319 e. The van der Waals surface area contributed by atoms with Crippen molar-refractivity contribution in [1.82, 2.24) is 5.32 Å². The average molecular weight is 172 g/mol. The minimum Gasteiger partial charge on any atom is -0.465 e. The van der Waals surface area contributed by atoms with Gasteiger partial charge in [-0.2, -0.15) is 0 Å². The normalized spacial score (nSPS) is 8.75. The van der Waals surface area contributed by atoms with Crippen molar-refractivity contribution in [1.29, 1.82) is 0 Å². The van der Waals surface area contributed by atoms with Crippen molar-refractivity contribution in [3.63, 3.8) is 0 Å². The van der Waals surface area contributed by atoms with Gasteiger partial charge in [-0.05, 0) is 12.5 Å². The fraction of sp³-hybridized carbons (Fsp3) is 0.833. The number of hydrogen-bond acceptors (Lipinski definition) is 4. The van der Waals surface area contributed by atoms with Gasteiger partial charge >= 0.3 is 5.97 Å². The highest BCUT2D eigenvalue weighted by Gasteiger charge is 1.97. The van der Waals surface area contributed by atoms with Gasteiger partial charge in [0.1, 0.15) is 0 Å². The number of carbonyl (C=O) groups is 1. The first-order chi connectivity index (χ1) is 5.81. The van der Waals surface area contributed by atoms with E-state index in [2.05, 4.69) is 20.1 Å². The number of carbonyl (C=O) groups excluding carboxylic acids is 1. The van der Waals surface area contributed by atoms with Crippen LogP contribution in [0.1, 0.15) is 6.92 Å². The van der Waals surface area contributed by atoms with E-state index < -0.39 is 0 Å². The third-order valence-electron chi connectivity index (χ3n) is 1.03. The van der Waals surface area contributed by atoms with Gasteiger partial charge in [-0.15, -0.1) is 0 Å². The molecule has 6 nitrogen and oxygen atoms in total. The third-order valence-corrected chi connectivity index (χ3v) is 1.03. The van der Waals surface area contributed by atoms with Gasteiger partial charge in [0.2, 0.25) is 0 Å². The Morgan fingerprint density at radius 1 is 1.75 bits per heavy atom. The van der Waals surface area contributed by atoms with Gasteiger partial charge in [0.05, 0.1) is 13.2 Å². The molecule has 6 heteroatoms. The van der Waals surface area contributed by atoms with Crippen LogP contribution in [0.2, 0.25) is 0 Å². The van der Waals surface area contributed by atoms with Crippen molar-refractivity contribution < 1.29 is 9.53 Å². The van der Waals surface area contributed by atoms with Crippen LogP contribution in [0.5, 0.6) is 0 Å². The predicted octanol–water partition coefficient (Wildman–Crippen LogP) is 0.449. The second-order valence-electron chi connectivity index (χ2n) is 1.94. The van der Waals surface area contributed by atoms with Gasteiger partial charge in [-0.3, -0.25) is 4.79 Å². The van der Waals surface area contributed by atoms with E-state index in [9.17, 15) is 4.79 Å². The highest BCUT2D eigenvalue weighted by Crippen LogP contribution is 1.75. The summed E-state index contributed by atoms with van der Waals surface area (Å²) in [6, 6.07) is 0. The molecule has 0 unspecified atom stereocenters. The average Bonchev–Trinajstić information content (AvgIpc) is 2.05. The summed E-state index contributed by atoms with van der Waals surface area (Å²) in [7, 11) is 0. The van der Waals surface area contributed by atoms with Crippen LogP contribution >= 0.6 is 0 Å². The number of ether oxygens (including phenoxy) is 1. The first-order valence-corrected chi connectivity index (χ1v) is 3.68. The zero-order valence-electron chi connectivity index (χ0n) is 6.99. The summed E-state index contributed by atoms with van der Waals surface area (Å²) in [5.41, 5.74) is 7.90. The fourth-order valence-corrected chi connectivity index (χ4v) is 0.576. The van der Waals surface area contributed by atoms with Gasteiger partial charge < -0.3 is 10.1 Å². The Kier molecular flexibility index (Phi) is 7.02. The Morgan fingerprint density at radius 2 is 2.50 bits per heavy atom. The Hall–Kier alpha value is -1.26. The number of esters is 1. The molecular weight excluding hydrogens is 160 g/mol. The van der Waals surface area contributed by atoms with Crippen molar-refractivity contribution in [2.24, 2.45) is 5.11 Å². The number of hydrogen-bond donors (Lipinski definition) is 1. The Labute approximate surface area is 70.5 Å². The van der Waals surface area contributed by atoms with Crippen LogP contribution < -0.4 is 5.32 Å². The zero-order valence-corrected chi connectivity index (χ0v) is 6.99. The van der Waals surface area contributed by atoms with Gasteiger partial charge in [-0.1, -0.05) is 5.11 Å². The van der Waals surface area contributed by atoms with E-state index >= 15 is 0 Å². The molecule has 0 aliphatic heterocycles. The van der Waals surface area contributed by atoms with Crippen molar-refractivity contribution >= 4 is 5.97 Å². The molecule has 1 N–H and O–H groups in total. The highest BCUT2D eigenvalue weighted by molar-refractivity contribution is 5.71. The first kappa shape index (κ1) is 10.7. The van der Waals surface area contributed by atoms with E-state index in [4.69, 9.17) is 5.53 Å². The molecule has 0 saturated carbocycles. The highest BCUT2D eigenvalue weighted by atomic mass is 16.5. The summed E-state index contributed by atoms with van der Waals surface area (Å²) in [5, 5.41) is 6.05. The maximum atomic E-state index is 10.7. The number of azide groups is 1. The third kappa shape index (κ3) is 6.85. The van der Waals surface area contributed by atoms with E-state index in [1.54, 1.807) is 6.92 Å². The van der Waals surface area contributed by atoms with Crippen LogP contribution in [-0.4, -0.2) is 32.2 Å². The Bertz CT molecular complexity index is 176. The van der Waals surface area contributed by atoms with Gasteiger partial charge in [0, 0.05) is 18.0 Å². The molecule has 0 atom stereocenters. The molecule has 0 aromatic rings. The number of nitrogens with one attached hydrogen (secondary N) is 1.